The van der Waals surface area contributed by atoms with Crippen molar-refractivity contribution in [1.82, 2.24) is 0 Å². The van der Waals surface area contributed by atoms with Gasteiger partial charge in [0.1, 0.15) is 12.4 Å². The first-order valence-electron chi connectivity index (χ1n) is 4.49. The fraction of sp³-hybridized carbons (Fsp3) is 0.364. The molecule has 74 valence electrons. The molecule has 0 radical (unpaired) electrons. The van der Waals surface area contributed by atoms with Crippen molar-refractivity contribution in [3.05, 3.63) is 29.8 Å². The van der Waals surface area contributed by atoms with Gasteiger partial charge in [0.05, 0.1) is 6.04 Å². The third-order valence-electron chi connectivity index (χ3n) is 1.79. The van der Waals surface area contributed by atoms with Crippen molar-refractivity contribution < 1.29 is 9.53 Å². The Kier molecular flexibility index (Phi) is 3.89. The van der Waals surface area contributed by atoms with Crippen molar-refractivity contribution in [2.45, 2.75) is 19.9 Å². The van der Waals surface area contributed by atoms with Crippen LogP contribution in [0.15, 0.2) is 29.3 Å². The lowest BCUT2D eigenvalue weighted by molar-refractivity contribution is 0.296. The molecule has 0 aliphatic heterocycles. The van der Waals surface area contributed by atoms with E-state index in [1.807, 2.05) is 31.2 Å². The Morgan fingerprint density at radius 3 is 2.64 bits per heavy atom. The van der Waals surface area contributed by atoms with Crippen LogP contribution in [0.3, 0.4) is 0 Å². The molecule has 0 aromatic heterocycles. The van der Waals surface area contributed by atoms with Crippen LogP contribution in [-0.4, -0.2) is 18.7 Å². The number of carbonyl (C=O) groups excluding carboxylic acids is 1. The number of benzene rings is 1. The minimum atomic E-state index is -0.145. The standard InChI is InChI=1S/C11H13NO2/c1-9-3-5-11(6-4-9)14-7-10(2)12-8-13/h3-6,10H,7H2,1-2H3. The van der Waals surface area contributed by atoms with Crippen LogP contribution < -0.4 is 4.74 Å². The summed E-state index contributed by atoms with van der Waals surface area (Å²) in [6, 6.07) is 7.60. The maximum absolute atomic E-state index is 9.92. The number of hydrogen-bond acceptors (Lipinski definition) is 3. The first-order chi connectivity index (χ1) is 6.72. The molecule has 0 fully saturated rings. The first kappa shape index (κ1) is 10.5. The summed E-state index contributed by atoms with van der Waals surface area (Å²) < 4.78 is 5.40. The molecule has 0 bridgehead atoms. The molecule has 14 heavy (non-hydrogen) atoms. The van der Waals surface area contributed by atoms with Crippen LogP contribution in [0.1, 0.15) is 12.5 Å². The molecule has 0 aliphatic rings. The molecule has 0 amide bonds. The van der Waals surface area contributed by atoms with Crippen molar-refractivity contribution in [3.63, 3.8) is 0 Å². The van der Waals surface area contributed by atoms with Gasteiger partial charge in [-0.15, -0.1) is 0 Å². The maximum Gasteiger partial charge on any atom is 0.235 e. The van der Waals surface area contributed by atoms with Gasteiger partial charge in [-0.05, 0) is 26.0 Å². The van der Waals surface area contributed by atoms with Crippen LogP contribution in [0.4, 0.5) is 0 Å². The molecule has 1 atom stereocenters. The van der Waals surface area contributed by atoms with Gasteiger partial charge in [0.15, 0.2) is 0 Å². The van der Waals surface area contributed by atoms with Crippen LogP contribution in [-0.2, 0) is 4.79 Å². The van der Waals surface area contributed by atoms with Crippen LogP contribution in [0, 0.1) is 6.92 Å². The number of hydrogen-bond donors (Lipinski definition) is 0. The Morgan fingerprint density at radius 1 is 1.43 bits per heavy atom. The zero-order chi connectivity index (χ0) is 10.4. The Bertz CT molecular complexity index is 326. The van der Waals surface area contributed by atoms with Gasteiger partial charge >= 0.3 is 0 Å². The molecule has 0 N–H and O–H groups in total. The summed E-state index contributed by atoms with van der Waals surface area (Å²) in [4.78, 5) is 13.5. The second kappa shape index (κ2) is 5.20. The van der Waals surface area contributed by atoms with E-state index in [1.54, 1.807) is 6.92 Å². The Balaban J connectivity index is 2.45. The molecule has 0 saturated carbocycles. The molecule has 0 spiro atoms. The quantitative estimate of drug-likeness (QED) is 0.540. The van der Waals surface area contributed by atoms with E-state index in [2.05, 4.69) is 4.99 Å². The zero-order valence-electron chi connectivity index (χ0n) is 8.36. The van der Waals surface area contributed by atoms with E-state index in [4.69, 9.17) is 4.74 Å². The average Bonchev–Trinajstić information content (AvgIpc) is 2.17. The highest BCUT2D eigenvalue weighted by Gasteiger charge is 1.99. The van der Waals surface area contributed by atoms with E-state index >= 15 is 0 Å². The lowest BCUT2D eigenvalue weighted by Gasteiger charge is -2.07. The van der Waals surface area contributed by atoms with Crippen molar-refractivity contribution in [2.24, 2.45) is 4.99 Å². The molecule has 0 saturated heterocycles. The summed E-state index contributed by atoms with van der Waals surface area (Å²) >= 11 is 0. The van der Waals surface area contributed by atoms with Gasteiger partial charge in [0.25, 0.3) is 0 Å². The minimum absolute atomic E-state index is 0.145. The Labute approximate surface area is 83.4 Å². The topological polar surface area (TPSA) is 38.7 Å². The summed E-state index contributed by atoms with van der Waals surface area (Å²) in [5.74, 6) is 0.795. The lowest BCUT2D eigenvalue weighted by atomic mass is 10.2. The molecule has 3 heteroatoms. The summed E-state index contributed by atoms with van der Waals surface area (Å²) in [6.07, 6.45) is 1.51. The summed E-state index contributed by atoms with van der Waals surface area (Å²) in [7, 11) is 0. The SMILES string of the molecule is Cc1ccc(OCC(C)N=C=O)cc1. The third kappa shape index (κ3) is 3.42. The van der Waals surface area contributed by atoms with Gasteiger partial charge < -0.3 is 4.74 Å². The molecular formula is C11H13NO2. The summed E-state index contributed by atoms with van der Waals surface area (Å²) in [5.41, 5.74) is 1.19. The van der Waals surface area contributed by atoms with Gasteiger partial charge in [-0.1, -0.05) is 17.7 Å². The number of rotatable bonds is 4. The van der Waals surface area contributed by atoms with Crippen molar-refractivity contribution in [2.75, 3.05) is 6.61 Å². The Hall–Kier alpha value is -1.60. The van der Waals surface area contributed by atoms with Gasteiger partial charge in [-0.25, -0.2) is 4.79 Å². The van der Waals surface area contributed by atoms with E-state index in [0.29, 0.717) is 6.61 Å². The molecular weight excluding hydrogens is 178 g/mol. The Morgan fingerprint density at radius 2 is 2.07 bits per heavy atom. The van der Waals surface area contributed by atoms with E-state index < -0.39 is 0 Å². The predicted octanol–water partition coefficient (Wildman–Crippen LogP) is 2.10. The molecule has 0 aliphatic carbocycles. The normalized spacial score (nSPS) is 11.6. The largest absolute Gasteiger partial charge is 0.491 e. The van der Waals surface area contributed by atoms with Crippen LogP contribution in [0.25, 0.3) is 0 Å². The summed E-state index contributed by atoms with van der Waals surface area (Å²) in [6.45, 7) is 4.22. The predicted molar refractivity (Wildman–Crippen MR) is 54.3 cm³/mol. The molecule has 1 rings (SSSR count). The highest BCUT2D eigenvalue weighted by molar-refractivity contribution is 5.33. The number of isocyanates is 1. The third-order valence-corrected chi connectivity index (χ3v) is 1.79. The first-order valence-corrected chi connectivity index (χ1v) is 4.49. The van der Waals surface area contributed by atoms with Crippen molar-refractivity contribution in [1.29, 1.82) is 0 Å². The average molecular weight is 191 g/mol. The second-order valence-corrected chi connectivity index (χ2v) is 3.19. The van der Waals surface area contributed by atoms with E-state index in [0.717, 1.165) is 5.75 Å². The fourth-order valence-electron chi connectivity index (χ4n) is 0.979. The molecule has 1 unspecified atom stereocenters. The smallest absolute Gasteiger partial charge is 0.235 e. The molecule has 3 nitrogen and oxygen atoms in total. The molecule has 1 aromatic carbocycles. The zero-order valence-corrected chi connectivity index (χ0v) is 8.36. The highest BCUT2D eigenvalue weighted by Crippen LogP contribution is 2.11. The number of ether oxygens (including phenoxy) is 1. The fourth-order valence-corrected chi connectivity index (χ4v) is 0.979. The van der Waals surface area contributed by atoms with Crippen molar-refractivity contribution in [3.8, 4) is 5.75 Å². The minimum Gasteiger partial charge on any atom is -0.491 e. The van der Waals surface area contributed by atoms with E-state index in [1.165, 1.54) is 11.6 Å². The lowest BCUT2D eigenvalue weighted by Crippen LogP contribution is -2.11. The van der Waals surface area contributed by atoms with Crippen LogP contribution >= 0.6 is 0 Å². The van der Waals surface area contributed by atoms with Gasteiger partial charge in [0.2, 0.25) is 6.08 Å². The summed E-state index contributed by atoms with van der Waals surface area (Å²) in [5, 5.41) is 0. The molecule has 1 aromatic rings. The van der Waals surface area contributed by atoms with E-state index in [-0.39, 0.29) is 6.04 Å². The highest BCUT2D eigenvalue weighted by atomic mass is 16.5. The monoisotopic (exact) mass is 191 g/mol. The number of aryl methyl sites for hydroxylation is 1. The number of aliphatic imine (C=N–C) groups is 1. The number of nitrogens with zero attached hydrogens (tertiary/aromatic N) is 1. The second-order valence-electron chi connectivity index (χ2n) is 3.19. The molecule has 0 heterocycles. The maximum atomic E-state index is 9.92. The van der Waals surface area contributed by atoms with E-state index in [9.17, 15) is 4.79 Å². The van der Waals surface area contributed by atoms with Crippen molar-refractivity contribution >= 4 is 6.08 Å². The van der Waals surface area contributed by atoms with Gasteiger partial charge in [0, 0.05) is 0 Å². The van der Waals surface area contributed by atoms with Crippen LogP contribution in [0.5, 0.6) is 5.75 Å². The van der Waals surface area contributed by atoms with Gasteiger partial charge in [-0.3, -0.25) is 0 Å². The van der Waals surface area contributed by atoms with Gasteiger partial charge in [-0.2, -0.15) is 4.99 Å². The van der Waals surface area contributed by atoms with Crippen LogP contribution in [0.2, 0.25) is 0 Å².